The molecule has 2 aromatic carbocycles. The maximum absolute atomic E-state index is 13.6. The maximum atomic E-state index is 13.6. The molecule has 0 saturated heterocycles. The van der Waals surface area contributed by atoms with Crippen LogP contribution in [-0.4, -0.2) is 47.7 Å². The molecule has 4 nitrogen and oxygen atoms in total. The number of thiazole rings is 1. The van der Waals surface area contributed by atoms with E-state index in [4.69, 9.17) is 4.98 Å². The number of halogens is 1. The van der Waals surface area contributed by atoms with Crippen molar-refractivity contribution >= 4 is 60.3 Å². The van der Waals surface area contributed by atoms with Gasteiger partial charge >= 0.3 is 0 Å². The molecule has 29 heavy (non-hydrogen) atoms. The van der Waals surface area contributed by atoms with Crippen LogP contribution < -0.4 is 4.90 Å². The molecule has 0 aliphatic heterocycles. The molecule has 0 aliphatic carbocycles. The van der Waals surface area contributed by atoms with Crippen LogP contribution in [0.3, 0.4) is 0 Å². The molecule has 3 rings (SSSR count). The molecule has 0 unspecified atom stereocenters. The van der Waals surface area contributed by atoms with Gasteiger partial charge in [0.05, 0.1) is 15.8 Å². The van der Waals surface area contributed by atoms with Gasteiger partial charge in [-0.2, -0.15) is 0 Å². The second kappa shape index (κ2) is 10.6. The quantitative estimate of drug-likeness (QED) is 0.335. The first-order valence-corrected chi connectivity index (χ1v) is 12.5. The average molecular weight is 493 g/mol. The number of benzene rings is 2. The number of amides is 1. The van der Waals surface area contributed by atoms with Gasteiger partial charge in [0, 0.05) is 22.5 Å². The lowest BCUT2D eigenvalue weighted by atomic mass is 10.2. The van der Waals surface area contributed by atoms with Crippen LogP contribution in [0.25, 0.3) is 10.2 Å². The standard InChI is InChI=1S/C22H26BrN3OS2/c1-4-25(5-2)13-14-26(21(27)17-9-7-8-10-19(17)28-6-3)22-24-18-12-11-16(23)15-20(18)29-22/h7-12,15H,4-6,13-14H2,1-3H3. The molecule has 1 heterocycles. The Morgan fingerprint density at radius 1 is 1.10 bits per heavy atom. The highest BCUT2D eigenvalue weighted by molar-refractivity contribution is 9.10. The number of anilines is 1. The minimum Gasteiger partial charge on any atom is -0.302 e. The highest BCUT2D eigenvalue weighted by atomic mass is 79.9. The first-order chi connectivity index (χ1) is 14.1. The lowest BCUT2D eigenvalue weighted by molar-refractivity contribution is 0.0981. The molecule has 0 atom stereocenters. The van der Waals surface area contributed by atoms with Gasteiger partial charge in [-0.1, -0.05) is 60.2 Å². The van der Waals surface area contributed by atoms with Gasteiger partial charge in [-0.25, -0.2) is 4.98 Å². The molecule has 1 amide bonds. The third kappa shape index (κ3) is 5.40. The van der Waals surface area contributed by atoms with Gasteiger partial charge in [-0.15, -0.1) is 11.8 Å². The van der Waals surface area contributed by atoms with E-state index >= 15 is 0 Å². The molecular weight excluding hydrogens is 466 g/mol. The Balaban J connectivity index is 1.98. The van der Waals surface area contributed by atoms with E-state index in [0.29, 0.717) is 6.54 Å². The van der Waals surface area contributed by atoms with E-state index in [0.717, 1.165) is 55.7 Å². The Hall–Kier alpha value is -1.41. The first-order valence-electron chi connectivity index (χ1n) is 9.89. The molecule has 0 spiro atoms. The van der Waals surface area contributed by atoms with E-state index in [1.54, 1.807) is 23.1 Å². The zero-order valence-electron chi connectivity index (χ0n) is 17.0. The summed E-state index contributed by atoms with van der Waals surface area (Å²) < 4.78 is 2.09. The number of carbonyl (C=O) groups is 1. The van der Waals surface area contributed by atoms with Crippen LogP contribution in [0.5, 0.6) is 0 Å². The fourth-order valence-corrected chi connectivity index (χ4v) is 5.48. The summed E-state index contributed by atoms with van der Waals surface area (Å²) in [5, 5.41) is 0.756. The molecule has 3 aromatic rings. The fraction of sp³-hybridized carbons (Fsp3) is 0.364. The van der Waals surface area contributed by atoms with Crippen LogP contribution in [-0.2, 0) is 0 Å². The van der Waals surface area contributed by atoms with Crippen molar-refractivity contribution in [3.63, 3.8) is 0 Å². The first kappa shape index (κ1) is 22.3. The van der Waals surface area contributed by atoms with Crippen LogP contribution in [0, 0.1) is 0 Å². The Bertz CT molecular complexity index is 972. The van der Waals surface area contributed by atoms with Crippen molar-refractivity contribution in [3.05, 3.63) is 52.5 Å². The largest absolute Gasteiger partial charge is 0.302 e. The summed E-state index contributed by atoms with van der Waals surface area (Å²) in [6.45, 7) is 9.78. The third-order valence-corrected chi connectivity index (χ3v) is 7.26. The monoisotopic (exact) mass is 491 g/mol. The summed E-state index contributed by atoms with van der Waals surface area (Å²) in [5.74, 6) is 0.950. The lowest BCUT2D eigenvalue weighted by Gasteiger charge is -2.25. The highest BCUT2D eigenvalue weighted by Gasteiger charge is 2.24. The van der Waals surface area contributed by atoms with Crippen LogP contribution in [0.15, 0.2) is 51.8 Å². The van der Waals surface area contributed by atoms with Gasteiger partial charge in [-0.05, 0) is 49.2 Å². The molecule has 0 fully saturated rings. The Morgan fingerprint density at radius 2 is 1.86 bits per heavy atom. The minimum absolute atomic E-state index is 0.0202. The number of fused-ring (bicyclic) bond motifs is 1. The van der Waals surface area contributed by atoms with Crippen molar-refractivity contribution in [3.8, 4) is 0 Å². The number of hydrogen-bond donors (Lipinski definition) is 0. The lowest BCUT2D eigenvalue weighted by Crippen LogP contribution is -2.39. The number of carbonyl (C=O) groups excluding carboxylic acids is 1. The summed E-state index contributed by atoms with van der Waals surface area (Å²) in [7, 11) is 0. The number of nitrogens with zero attached hydrogens (tertiary/aromatic N) is 3. The number of thioether (sulfide) groups is 1. The van der Waals surface area contributed by atoms with Gasteiger partial charge < -0.3 is 4.90 Å². The average Bonchev–Trinajstić information content (AvgIpc) is 3.14. The molecule has 7 heteroatoms. The molecule has 0 aliphatic rings. The van der Waals surface area contributed by atoms with Crippen LogP contribution in [0.2, 0.25) is 0 Å². The molecule has 0 N–H and O–H groups in total. The van der Waals surface area contributed by atoms with Crippen molar-refractivity contribution in [1.29, 1.82) is 0 Å². The van der Waals surface area contributed by atoms with Crippen molar-refractivity contribution in [2.75, 3.05) is 36.8 Å². The second-order valence-corrected chi connectivity index (χ2v) is 9.75. The van der Waals surface area contributed by atoms with Gasteiger partial charge in [0.15, 0.2) is 5.13 Å². The van der Waals surface area contributed by atoms with Crippen molar-refractivity contribution in [2.24, 2.45) is 0 Å². The molecule has 0 radical (unpaired) electrons. The van der Waals surface area contributed by atoms with Crippen LogP contribution in [0.4, 0.5) is 5.13 Å². The van der Waals surface area contributed by atoms with E-state index in [-0.39, 0.29) is 5.91 Å². The maximum Gasteiger partial charge on any atom is 0.261 e. The van der Waals surface area contributed by atoms with Gasteiger partial charge in [0.25, 0.3) is 5.91 Å². The molecule has 1 aromatic heterocycles. The summed E-state index contributed by atoms with van der Waals surface area (Å²) in [6.07, 6.45) is 0. The predicted octanol–water partition coefficient (Wildman–Crippen LogP) is 6.16. The van der Waals surface area contributed by atoms with Crippen LogP contribution in [0.1, 0.15) is 31.1 Å². The second-order valence-electron chi connectivity index (χ2n) is 6.52. The fourth-order valence-electron chi connectivity index (χ4n) is 3.14. The SMILES string of the molecule is CCSc1ccccc1C(=O)N(CCN(CC)CC)c1nc2ccc(Br)cc2s1. The Labute approximate surface area is 189 Å². The van der Waals surface area contributed by atoms with Gasteiger partial charge in [0.2, 0.25) is 0 Å². The summed E-state index contributed by atoms with van der Waals surface area (Å²) in [5.41, 5.74) is 1.67. The number of rotatable bonds is 9. The normalized spacial score (nSPS) is 11.3. The molecule has 0 saturated carbocycles. The van der Waals surface area contributed by atoms with Crippen molar-refractivity contribution < 1.29 is 4.79 Å². The van der Waals surface area contributed by atoms with Crippen LogP contribution >= 0.6 is 39.0 Å². The number of likely N-dealkylation sites (N-methyl/N-ethyl adjacent to an activating group) is 1. The number of hydrogen-bond acceptors (Lipinski definition) is 5. The molecular formula is C22H26BrN3OS2. The van der Waals surface area contributed by atoms with E-state index in [1.807, 2.05) is 41.3 Å². The topological polar surface area (TPSA) is 36.4 Å². The third-order valence-electron chi connectivity index (χ3n) is 4.77. The Kier molecular flexibility index (Phi) is 8.12. The van der Waals surface area contributed by atoms with E-state index in [9.17, 15) is 4.79 Å². The van der Waals surface area contributed by atoms with Gasteiger partial charge in [0.1, 0.15) is 0 Å². The minimum atomic E-state index is 0.0202. The summed E-state index contributed by atoms with van der Waals surface area (Å²) in [4.78, 5) is 23.6. The highest BCUT2D eigenvalue weighted by Crippen LogP contribution is 2.33. The molecule has 0 bridgehead atoms. The Morgan fingerprint density at radius 3 is 2.59 bits per heavy atom. The number of aromatic nitrogens is 1. The smallest absolute Gasteiger partial charge is 0.261 e. The van der Waals surface area contributed by atoms with Crippen molar-refractivity contribution in [1.82, 2.24) is 9.88 Å². The van der Waals surface area contributed by atoms with Gasteiger partial charge in [-0.3, -0.25) is 9.69 Å². The molecule has 154 valence electrons. The van der Waals surface area contributed by atoms with Crippen molar-refractivity contribution in [2.45, 2.75) is 25.7 Å². The predicted molar refractivity (Wildman–Crippen MR) is 130 cm³/mol. The van der Waals surface area contributed by atoms with E-state index in [2.05, 4.69) is 47.7 Å². The van der Waals surface area contributed by atoms with E-state index in [1.165, 1.54) is 0 Å². The summed E-state index contributed by atoms with van der Waals surface area (Å²) >= 11 is 6.80. The summed E-state index contributed by atoms with van der Waals surface area (Å²) in [6, 6.07) is 13.9. The van der Waals surface area contributed by atoms with E-state index < -0.39 is 0 Å². The zero-order valence-corrected chi connectivity index (χ0v) is 20.2. The zero-order chi connectivity index (χ0) is 20.8.